The fraction of sp³-hybridized carbons (Fsp3) is 0.368. The summed E-state index contributed by atoms with van der Waals surface area (Å²) in [5.41, 5.74) is 1.07. The molecule has 1 aromatic rings. The van der Waals surface area contributed by atoms with Crippen LogP contribution in [0.2, 0.25) is 0 Å². The number of carbonyl (C=O) groups is 3. The molecule has 0 spiro atoms. The van der Waals surface area contributed by atoms with Gasteiger partial charge in [-0.05, 0) is 36.3 Å². The number of thiocarbonyl (C=S) groups is 1. The lowest BCUT2D eigenvalue weighted by molar-refractivity contribution is -0.129. The summed E-state index contributed by atoms with van der Waals surface area (Å²) in [4.78, 5) is 39.2. The van der Waals surface area contributed by atoms with Crippen molar-refractivity contribution in [2.24, 2.45) is 0 Å². The van der Waals surface area contributed by atoms with E-state index in [-0.39, 0.29) is 12.4 Å². The summed E-state index contributed by atoms with van der Waals surface area (Å²) in [6.45, 7) is 0.586. The Morgan fingerprint density at radius 2 is 2.13 bits per heavy atom. The number of hydrogen-bond donors (Lipinski definition) is 2. The zero-order valence-electron chi connectivity index (χ0n) is 17.0. The molecule has 0 aromatic heterocycles. The average molecular weight is 434 g/mol. The number of amides is 4. The third-order valence-corrected chi connectivity index (χ3v) is 5.33. The quantitative estimate of drug-likeness (QED) is 0.389. The summed E-state index contributed by atoms with van der Waals surface area (Å²) >= 11 is 5.24. The van der Waals surface area contributed by atoms with Gasteiger partial charge in [-0.15, -0.1) is 0 Å². The van der Waals surface area contributed by atoms with E-state index in [4.69, 9.17) is 26.4 Å². The summed E-state index contributed by atoms with van der Waals surface area (Å²) in [6.07, 6.45) is 1.92. The molecule has 4 amide bonds. The highest BCUT2D eigenvalue weighted by Crippen LogP contribution is 2.46. The molecular weight excluding hydrogens is 412 g/mol. The van der Waals surface area contributed by atoms with Crippen LogP contribution in [0.4, 0.5) is 4.79 Å². The Morgan fingerprint density at radius 1 is 1.40 bits per heavy atom. The monoisotopic (exact) mass is 434 g/mol. The topological polar surface area (TPSA) is 109 Å². The van der Waals surface area contributed by atoms with Gasteiger partial charge in [-0.1, -0.05) is 0 Å². The first-order valence-electron chi connectivity index (χ1n) is 9.05. The molecule has 10 nitrogen and oxygen atoms in total. The molecule has 0 atom stereocenters. The maximum absolute atomic E-state index is 12.5. The smallest absolute Gasteiger partial charge is 0.331 e. The van der Waals surface area contributed by atoms with Gasteiger partial charge < -0.3 is 24.4 Å². The maximum atomic E-state index is 12.5. The Balaban J connectivity index is 2.07. The van der Waals surface area contributed by atoms with Gasteiger partial charge in [-0.25, -0.2) is 4.79 Å². The Bertz CT molecular complexity index is 961. The van der Waals surface area contributed by atoms with Crippen LogP contribution in [0.1, 0.15) is 11.1 Å². The van der Waals surface area contributed by atoms with Crippen molar-refractivity contribution < 1.29 is 28.6 Å². The molecule has 0 radical (unpaired) electrons. The predicted octanol–water partition coefficient (Wildman–Crippen LogP) is 0.494. The van der Waals surface area contributed by atoms with E-state index in [0.717, 1.165) is 10.5 Å². The van der Waals surface area contributed by atoms with Crippen molar-refractivity contribution in [1.82, 2.24) is 20.4 Å². The second kappa shape index (κ2) is 8.57. The van der Waals surface area contributed by atoms with Gasteiger partial charge in [0.1, 0.15) is 5.57 Å². The summed E-state index contributed by atoms with van der Waals surface area (Å²) in [5, 5.41) is 5.62. The summed E-state index contributed by atoms with van der Waals surface area (Å²) in [7, 11) is 6.34. The number of carbonyl (C=O) groups excluding carboxylic acids is 3. The fourth-order valence-electron chi connectivity index (χ4n) is 3.12. The van der Waals surface area contributed by atoms with Crippen LogP contribution in [0.15, 0.2) is 11.6 Å². The number of nitrogens with zero attached hydrogens (tertiary/aromatic N) is 2. The molecule has 160 valence electrons. The third kappa shape index (κ3) is 3.88. The molecule has 0 bridgehead atoms. The Morgan fingerprint density at radius 3 is 2.80 bits per heavy atom. The summed E-state index contributed by atoms with van der Waals surface area (Å²) in [6, 6.07) is 1.01. The number of hydrogen-bond acceptors (Lipinski definition) is 7. The molecule has 0 saturated carbocycles. The lowest BCUT2D eigenvalue weighted by Gasteiger charge is -2.23. The lowest BCUT2D eigenvalue weighted by atomic mass is 9.98. The molecule has 11 heteroatoms. The zero-order chi connectivity index (χ0) is 22.0. The third-order valence-electron chi connectivity index (χ3n) is 4.82. The van der Waals surface area contributed by atoms with E-state index in [2.05, 4.69) is 10.6 Å². The van der Waals surface area contributed by atoms with Gasteiger partial charge in [-0.3, -0.25) is 19.8 Å². The number of likely N-dealkylation sites (N-methyl/N-ethyl adjacent to an activating group) is 2. The van der Waals surface area contributed by atoms with Crippen molar-refractivity contribution in [2.75, 3.05) is 41.6 Å². The van der Waals surface area contributed by atoms with Gasteiger partial charge in [0, 0.05) is 33.3 Å². The molecule has 1 saturated heterocycles. The van der Waals surface area contributed by atoms with Gasteiger partial charge in [0.25, 0.3) is 11.8 Å². The van der Waals surface area contributed by atoms with Crippen molar-refractivity contribution in [3.05, 3.63) is 22.8 Å². The maximum Gasteiger partial charge on any atom is 0.331 e. The number of methoxy groups -OCH3 is 1. The van der Waals surface area contributed by atoms with Gasteiger partial charge in [0.15, 0.2) is 16.6 Å². The highest BCUT2D eigenvalue weighted by atomic mass is 32.1. The number of benzene rings is 1. The van der Waals surface area contributed by atoms with Crippen molar-refractivity contribution in [1.29, 1.82) is 0 Å². The molecule has 1 fully saturated rings. The predicted molar refractivity (Wildman–Crippen MR) is 111 cm³/mol. The molecule has 2 aliphatic heterocycles. The average Bonchev–Trinajstić information content (AvgIpc) is 3.20. The first-order chi connectivity index (χ1) is 14.3. The standard InChI is InChI=1S/C19H22N4O6S/c1-20-19(30)22(2)6-5-10-7-13-15(29-9-28-13)14(27-4)11(10)8-12-16(24)21-18(26)23(3)17(12)25/h7-8H,5-6,9H2,1-4H3,(H,20,30)(H,21,24,26)/b12-8-. The second-order valence-electron chi connectivity index (χ2n) is 6.62. The van der Waals surface area contributed by atoms with E-state index in [9.17, 15) is 14.4 Å². The fourth-order valence-corrected chi connectivity index (χ4v) is 3.21. The highest BCUT2D eigenvalue weighted by molar-refractivity contribution is 7.80. The van der Waals surface area contributed by atoms with E-state index in [1.54, 1.807) is 13.1 Å². The van der Waals surface area contributed by atoms with Crippen LogP contribution in [0.5, 0.6) is 17.2 Å². The van der Waals surface area contributed by atoms with E-state index < -0.39 is 17.8 Å². The van der Waals surface area contributed by atoms with Crippen LogP contribution in [0.3, 0.4) is 0 Å². The number of imide groups is 2. The largest absolute Gasteiger partial charge is 0.492 e. The minimum absolute atomic E-state index is 0.0333. The van der Waals surface area contributed by atoms with E-state index in [1.165, 1.54) is 20.2 Å². The van der Waals surface area contributed by atoms with Crippen LogP contribution >= 0.6 is 12.2 Å². The van der Waals surface area contributed by atoms with Crippen LogP contribution < -0.4 is 24.8 Å². The normalized spacial score (nSPS) is 16.6. The number of fused-ring (bicyclic) bond motifs is 1. The molecule has 2 heterocycles. The van der Waals surface area contributed by atoms with Crippen LogP contribution in [-0.2, 0) is 16.0 Å². The minimum atomic E-state index is -0.776. The van der Waals surface area contributed by atoms with Gasteiger partial charge in [0.2, 0.25) is 12.5 Å². The van der Waals surface area contributed by atoms with Gasteiger partial charge >= 0.3 is 6.03 Å². The molecule has 0 aliphatic carbocycles. The van der Waals surface area contributed by atoms with Crippen LogP contribution in [0, 0.1) is 0 Å². The molecule has 30 heavy (non-hydrogen) atoms. The highest BCUT2D eigenvalue weighted by Gasteiger charge is 2.34. The van der Waals surface area contributed by atoms with E-state index >= 15 is 0 Å². The lowest BCUT2D eigenvalue weighted by Crippen LogP contribution is -2.52. The number of ether oxygens (including phenoxy) is 3. The molecule has 2 aliphatic rings. The van der Waals surface area contributed by atoms with Crippen molar-refractivity contribution in [3.8, 4) is 17.2 Å². The first kappa shape index (κ1) is 21.4. The van der Waals surface area contributed by atoms with Crippen LogP contribution in [0.25, 0.3) is 6.08 Å². The minimum Gasteiger partial charge on any atom is -0.492 e. The number of rotatable bonds is 5. The Hall–Kier alpha value is -3.34. The van der Waals surface area contributed by atoms with E-state index in [0.29, 0.717) is 40.9 Å². The zero-order valence-corrected chi connectivity index (χ0v) is 17.8. The van der Waals surface area contributed by atoms with Crippen molar-refractivity contribution in [3.63, 3.8) is 0 Å². The van der Waals surface area contributed by atoms with Crippen molar-refractivity contribution >= 4 is 41.3 Å². The van der Waals surface area contributed by atoms with Crippen LogP contribution in [-0.4, -0.2) is 74.3 Å². The number of barbiturate groups is 1. The summed E-state index contributed by atoms with van der Waals surface area (Å²) < 4.78 is 16.6. The summed E-state index contributed by atoms with van der Waals surface area (Å²) in [5.74, 6) is -0.244. The molecule has 0 unspecified atom stereocenters. The molecule has 1 aromatic carbocycles. The van der Waals surface area contributed by atoms with Gasteiger partial charge in [-0.2, -0.15) is 0 Å². The molecule has 3 rings (SSSR count). The Kier molecular flexibility index (Phi) is 6.11. The number of nitrogens with one attached hydrogen (secondary N) is 2. The number of urea groups is 1. The first-order valence-corrected chi connectivity index (χ1v) is 9.46. The second-order valence-corrected chi connectivity index (χ2v) is 7.01. The molecular formula is C19H22N4O6S. The molecule has 2 N–H and O–H groups in total. The SMILES string of the molecule is CNC(=S)N(C)CCc1cc2c(c(OC)c1/C=C1/C(=O)NC(=O)N(C)C1=O)OCO2. The van der Waals surface area contributed by atoms with Crippen molar-refractivity contribution in [2.45, 2.75) is 6.42 Å². The Labute approximate surface area is 178 Å². The van der Waals surface area contributed by atoms with E-state index in [1.807, 2.05) is 11.9 Å². The van der Waals surface area contributed by atoms with Gasteiger partial charge in [0.05, 0.1) is 7.11 Å².